The van der Waals surface area contributed by atoms with Crippen LogP contribution < -0.4 is 5.32 Å². The van der Waals surface area contributed by atoms with Crippen molar-refractivity contribution in [2.45, 2.75) is 84.0 Å². The molecule has 1 aromatic rings. The minimum absolute atomic E-state index is 0.361. The normalized spacial score (nSPS) is 11.0. The molecule has 0 fully saturated rings. The van der Waals surface area contributed by atoms with E-state index in [1.807, 2.05) is 6.07 Å². The number of Topliss-reactive ketones (excluding diaryl/α,β-unsaturated/α-hetero) is 1. The van der Waals surface area contributed by atoms with Gasteiger partial charge in [0.2, 0.25) is 0 Å². The summed E-state index contributed by atoms with van der Waals surface area (Å²) in [6.07, 6.45) is 18.2. The summed E-state index contributed by atoms with van der Waals surface area (Å²) >= 11 is 0. The van der Waals surface area contributed by atoms with Crippen molar-refractivity contribution in [2.75, 3.05) is 11.9 Å². The van der Waals surface area contributed by atoms with Gasteiger partial charge in [0.1, 0.15) is 6.42 Å². The molecule has 0 bridgehead atoms. The Morgan fingerprint density at radius 2 is 1.57 bits per heavy atom. The maximum absolute atomic E-state index is 11.8. The van der Waals surface area contributed by atoms with Crippen LogP contribution in [0.4, 0.5) is 5.69 Å². The van der Waals surface area contributed by atoms with Crippen molar-refractivity contribution in [3.8, 4) is 0 Å². The molecule has 0 saturated heterocycles. The van der Waals surface area contributed by atoms with Crippen molar-refractivity contribution in [3.63, 3.8) is 0 Å². The Bertz CT molecular complexity index is 595. The first-order valence-electron chi connectivity index (χ1n) is 10.9. The Hall–Kier alpha value is -2.10. The molecule has 156 valence electrons. The van der Waals surface area contributed by atoms with Crippen molar-refractivity contribution in [3.05, 3.63) is 42.0 Å². The predicted octanol–water partition coefficient (Wildman–Crippen LogP) is 6.62. The zero-order chi connectivity index (χ0) is 20.5. The number of unbranched alkanes of at least 4 members (excludes halogenated alkanes) is 9. The van der Waals surface area contributed by atoms with E-state index >= 15 is 0 Å². The van der Waals surface area contributed by atoms with Gasteiger partial charge in [-0.05, 0) is 37.8 Å². The summed E-state index contributed by atoms with van der Waals surface area (Å²) in [6.45, 7) is 3.09. The largest absolute Gasteiger partial charge is 0.481 e. The number of benzene rings is 1. The van der Waals surface area contributed by atoms with E-state index in [9.17, 15) is 9.59 Å². The third-order valence-corrected chi connectivity index (χ3v) is 4.76. The van der Waals surface area contributed by atoms with Gasteiger partial charge in [0.15, 0.2) is 5.78 Å². The van der Waals surface area contributed by atoms with Crippen LogP contribution in [0.2, 0.25) is 0 Å². The van der Waals surface area contributed by atoms with E-state index in [-0.39, 0.29) is 5.78 Å². The summed E-state index contributed by atoms with van der Waals surface area (Å²) in [4.78, 5) is 22.4. The standard InChI is InChI=1S/C24H37NO3/c1-2-3-4-5-6-7-8-9-10-11-12-13-14-18-25-22-17-15-16-21(19-22)23(26)20-24(27)28/h11-12,15-17,19,25H,2-10,13-14,18,20H2,1H3,(H,27,28). The molecule has 0 amide bonds. The molecule has 0 saturated carbocycles. The van der Waals surface area contributed by atoms with Gasteiger partial charge in [-0.15, -0.1) is 0 Å². The number of ketones is 1. The highest BCUT2D eigenvalue weighted by molar-refractivity contribution is 6.05. The van der Waals surface area contributed by atoms with E-state index < -0.39 is 12.4 Å². The number of carboxylic acids is 1. The van der Waals surface area contributed by atoms with Crippen LogP contribution in [-0.4, -0.2) is 23.4 Å². The highest BCUT2D eigenvalue weighted by atomic mass is 16.4. The fraction of sp³-hybridized carbons (Fsp3) is 0.583. The van der Waals surface area contributed by atoms with E-state index in [4.69, 9.17) is 5.11 Å². The first-order valence-corrected chi connectivity index (χ1v) is 10.9. The van der Waals surface area contributed by atoms with Crippen molar-refractivity contribution >= 4 is 17.4 Å². The first-order chi connectivity index (χ1) is 13.6. The maximum atomic E-state index is 11.8. The number of anilines is 1. The fourth-order valence-corrected chi connectivity index (χ4v) is 3.13. The number of nitrogens with one attached hydrogen (secondary N) is 1. The molecule has 2 N–H and O–H groups in total. The summed E-state index contributed by atoms with van der Waals surface area (Å²) in [5.74, 6) is -1.46. The molecule has 0 spiro atoms. The van der Waals surface area contributed by atoms with Gasteiger partial charge < -0.3 is 10.4 Å². The van der Waals surface area contributed by atoms with Crippen LogP contribution in [0.5, 0.6) is 0 Å². The van der Waals surface area contributed by atoms with Crippen molar-refractivity contribution in [1.29, 1.82) is 0 Å². The lowest BCUT2D eigenvalue weighted by Crippen LogP contribution is -2.08. The van der Waals surface area contributed by atoms with E-state index in [1.54, 1.807) is 18.2 Å². The lowest BCUT2D eigenvalue weighted by Gasteiger charge is -2.07. The minimum atomic E-state index is -1.10. The Kier molecular flexibility index (Phi) is 13.6. The van der Waals surface area contributed by atoms with E-state index in [2.05, 4.69) is 24.4 Å². The summed E-state index contributed by atoms with van der Waals surface area (Å²) in [7, 11) is 0. The molecule has 0 heterocycles. The van der Waals surface area contributed by atoms with Crippen LogP contribution in [0.1, 0.15) is 94.3 Å². The number of carboxylic acid groups (broad SMARTS) is 1. The second-order valence-electron chi connectivity index (χ2n) is 7.38. The number of allylic oxidation sites excluding steroid dienone is 2. The number of hydrogen-bond acceptors (Lipinski definition) is 3. The topological polar surface area (TPSA) is 66.4 Å². The average Bonchev–Trinajstić information content (AvgIpc) is 2.68. The molecule has 0 unspecified atom stereocenters. The quantitative estimate of drug-likeness (QED) is 0.136. The van der Waals surface area contributed by atoms with Gasteiger partial charge >= 0.3 is 5.97 Å². The smallest absolute Gasteiger partial charge is 0.311 e. The van der Waals surface area contributed by atoms with Crippen LogP contribution in [0, 0.1) is 0 Å². The number of aliphatic carboxylic acids is 1. The second-order valence-corrected chi connectivity index (χ2v) is 7.38. The highest BCUT2D eigenvalue weighted by Gasteiger charge is 2.10. The van der Waals surface area contributed by atoms with Gasteiger partial charge in [0.25, 0.3) is 0 Å². The zero-order valence-electron chi connectivity index (χ0n) is 17.4. The summed E-state index contributed by atoms with van der Waals surface area (Å²) in [6, 6.07) is 7.06. The lowest BCUT2D eigenvalue weighted by atomic mass is 10.1. The van der Waals surface area contributed by atoms with Crippen molar-refractivity contribution in [2.24, 2.45) is 0 Å². The van der Waals surface area contributed by atoms with Crippen LogP contribution in [-0.2, 0) is 4.79 Å². The predicted molar refractivity (Wildman–Crippen MR) is 117 cm³/mol. The Balaban J connectivity index is 2.06. The molecule has 4 heteroatoms. The van der Waals surface area contributed by atoms with Gasteiger partial charge in [-0.25, -0.2) is 0 Å². The number of hydrogen-bond donors (Lipinski definition) is 2. The average molecular weight is 388 g/mol. The van der Waals surface area contributed by atoms with Gasteiger partial charge in [-0.2, -0.15) is 0 Å². The fourth-order valence-electron chi connectivity index (χ4n) is 3.13. The number of carbonyl (C=O) groups excluding carboxylic acids is 1. The van der Waals surface area contributed by atoms with Crippen molar-refractivity contribution in [1.82, 2.24) is 0 Å². The molecular weight excluding hydrogens is 350 g/mol. The number of carbonyl (C=O) groups is 2. The minimum Gasteiger partial charge on any atom is -0.481 e. The van der Waals surface area contributed by atoms with Crippen LogP contribution in [0.25, 0.3) is 0 Å². The van der Waals surface area contributed by atoms with Crippen LogP contribution in [0.15, 0.2) is 36.4 Å². The number of rotatable bonds is 17. The summed E-state index contributed by atoms with van der Waals surface area (Å²) in [5.41, 5.74) is 1.30. The first kappa shape index (κ1) is 23.9. The second kappa shape index (κ2) is 15.9. The van der Waals surface area contributed by atoms with Crippen LogP contribution in [0.3, 0.4) is 0 Å². The van der Waals surface area contributed by atoms with E-state index in [0.717, 1.165) is 25.1 Å². The lowest BCUT2D eigenvalue weighted by molar-refractivity contribution is -0.135. The Morgan fingerprint density at radius 1 is 0.929 bits per heavy atom. The molecule has 28 heavy (non-hydrogen) atoms. The molecule has 4 nitrogen and oxygen atoms in total. The van der Waals surface area contributed by atoms with E-state index in [0.29, 0.717) is 5.56 Å². The van der Waals surface area contributed by atoms with Gasteiger partial charge in [0, 0.05) is 17.8 Å². The summed E-state index contributed by atoms with van der Waals surface area (Å²) < 4.78 is 0. The van der Waals surface area contributed by atoms with E-state index in [1.165, 1.54) is 57.8 Å². The molecule has 0 aliphatic rings. The molecule has 0 atom stereocenters. The molecule has 1 rings (SSSR count). The molecule has 0 aromatic heterocycles. The highest BCUT2D eigenvalue weighted by Crippen LogP contribution is 2.13. The molecule has 0 aliphatic heterocycles. The maximum Gasteiger partial charge on any atom is 0.311 e. The Labute approximate surface area is 170 Å². The van der Waals surface area contributed by atoms with Crippen LogP contribution >= 0.6 is 0 Å². The third kappa shape index (κ3) is 12.3. The van der Waals surface area contributed by atoms with Gasteiger partial charge in [-0.3, -0.25) is 9.59 Å². The van der Waals surface area contributed by atoms with Gasteiger partial charge in [0.05, 0.1) is 0 Å². The zero-order valence-corrected chi connectivity index (χ0v) is 17.4. The Morgan fingerprint density at radius 3 is 2.25 bits per heavy atom. The summed E-state index contributed by atoms with van der Waals surface area (Å²) in [5, 5.41) is 12.0. The third-order valence-electron chi connectivity index (χ3n) is 4.76. The molecule has 0 aliphatic carbocycles. The molecular formula is C24H37NO3. The SMILES string of the molecule is CCCCCCCCCCC=CCCCNc1cccc(C(=O)CC(=O)O)c1. The van der Waals surface area contributed by atoms with Gasteiger partial charge in [-0.1, -0.05) is 76.2 Å². The monoisotopic (exact) mass is 387 g/mol. The molecule has 0 radical (unpaired) electrons. The van der Waals surface area contributed by atoms with Crippen molar-refractivity contribution < 1.29 is 14.7 Å². The molecule has 1 aromatic carbocycles.